The van der Waals surface area contributed by atoms with Crippen LogP contribution in [0.15, 0.2) is 30.8 Å². The molecule has 1 aromatic carbocycles. The number of hydrogen-bond donors (Lipinski definition) is 2. The largest absolute Gasteiger partial charge is 0.389 e. The highest BCUT2D eigenvalue weighted by Crippen LogP contribution is 2.40. The van der Waals surface area contributed by atoms with Crippen molar-refractivity contribution in [3.8, 4) is 0 Å². The van der Waals surface area contributed by atoms with Gasteiger partial charge in [0.1, 0.15) is 0 Å². The third-order valence-corrected chi connectivity index (χ3v) is 5.57. The number of hydrogen-bond acceptors (Lipinski definition) is 3. The Morgan fingerprint density at radius 2 is 1.84 bits per heavy atom. The Hall–Kier alpha value is -0.580. The summed E-state index contributed by atoms with van der Waals surface area (Å²) in [6, 6.07) is 8.59. The van der Waals surface area contributed by atoms with Gasteiger partial charge < -0.3 is 15.3 Å². The lowest BCUT2D eigenvalue weighted by Crippen LogP contribution is -2.49. The average molecular weight is 387 g/mol. The molecule has 2 aliphatic rings. The molecule has 1 saturated carbocycles. The van der Waals surface area contributed by atoms with E-state index in [0.717, 1.165) is 64.0 Å². The molecule has 1 unspecified atom stereocenters. The SMILES string of the molecule is C=Cc1cccc(C(CN2CCNCC2)C2(O)CCCCC2)c1.Cl.Cl. The topological polar surface area (TPSA) is 35.5 Å². The highest BCUT2D eigenvalue weighted by Gasteiger charge is 2.39. The fourth-order valence-electron chi connectivity index (χ4n) is 4.15. The summed E-state index contributed by atoms with van der Waals surface area (Å²) in [5, 5.41) is 14.8. The number of nitrogens with zero attached hydrogens (tertiary/aromatic N) is 1. The maximum Gasteiger partial charge on any atom is 0.0728 e. The Morgan fingerprint density at radius 1 is 1.16 bits per heavy atom. The molecule has 0 aromatic heterocycles. The van der Waals surface area contributed by atoms with Gasteiger partial charge >= 0.3 is 0 Å². The van der Waals surface area contributed by atoms with Crippen molar-refractivity contribution >= 4 is 30.9 Å². The number of nitrogens with one attached hydrogen (secondary N) is 1. The van der Waals surface area contributed by atoms with Gasteiger partial charge in [-0.1, -0.05) is 56.2 Å². The van der Waals surface area contributed by atoms with E-state index in [0.29, 0.717) is 0 Å². The zero-order valence-corrected chi connectivity index (χ0v) is 16.6. The van der Waals surface area contributed by atoms with Gasteiger partial charge in [-0.05, 0) is 24.0 Å². The van der Waals surface area contributed by atoms with Crippen molar-refractivity contribution in [2.45, 2.75) is 43.6 Å². The summed E-state index contributed by atoms with van der Waals surface area (Å²) in [5.74, 6) is 0.195. The number of piperazine rings is 1. The molecule has 1 aliphatic heterocycles. The van der Waals surface area contributed by atoms with E-state index in [1.807, 2.05) is 6.08 Å². The minimum absolute atomic E-state index is 0. The predicted molar refractivity (Wildman–Crippen MR) is 111 cm³/mol. The van der Waals surface area contributed by atoms with Gasteiger partial charge in [-0.25, -0.2) is 0 Å². The van der Waals surface area contributed by atoms with Crippen molar-refractivity contribution in [2.24, 2.45) is 0 Å². The summed E-state index contributed by atoms with van der Waals surface area (Å²) in [7, 11) is 0. The van der Waals surface area contributed by atoms with Gasteiger partial charge in [0, 0.05) is 38.6 Å². The number of aliphatic hydroxyl groups is 1. The molecule has 3 nitrogen and oxygen atoms in total. The zero-order valence-electron chi connectivity index (χ0n) is 15.0. The minimum Gasteiger partial charge on any atom is -0.389 e. The van der Waals surface area contributed by atoms with E-state index in [2.05, 4.69) is 41.1 Å². The van der Waals surface area contributed by atoms with Crippen LogP contribution >= 0.6 is 24.8 Å². The molecule has 1 aromatic rings. The van der Waals surface area contributed by atoms with Crippen molar-refractivity contribution in [1.82, 2.24) is 10.2 Å². The van der Waals surface area contributed by atoms with Gasteiger partial charge in [-0.15, -0.1) is 24.8 Å². The van der Waals surface area contributed by atoms with Crippen LogP contribution in [0.5, 0.6) is 0 Å². The molecule has 0 spiro atoms. The van der Waals surface area contributed by atoms with Gasteiger partial charge in [0.05, 0.1) is 5.60 Å². The van der Waals surface area contributed by atoms with E-state index in [9.17, 15) is 5.11 Å². The van der Waals surface area contributed by atoms with Crippen molar-refractivity contribution in [3.05, 3.63) is 42.0 Å². The van der Waals surface area contributed by atoms with Crippen molar-refractivity contribution in [1.29, 1.82) is 0 Å². The van der Waals surface area contributed by atoms with Crippen LogP contribution in [-0.4, -0.2) is 48.3 Å². The molecular formula is C20H32Cl2N2O. The highest BCUT2D eigenvalue weighted by molar-refractivity contribution is 5.85. The lowest BCUT2D eigenvalue weighted by molar-refractivity contribution is -0.0316. The first-order chi connectivity index (χ1) is 11.2. The molecule has 0 bridgehead atoms. The summed E-state index contributed by atoms with van der Waals surface area (Å²) in [6.45, 7) is 9.11. The second-order valence-corrected chi connectivity index (χ2v) is 7.14. The third kappa shape index (κ3) is 5.70. The van der Waals surface area contributed by atoms with Crippen LogP contribution in [0.25, 0.3) is 6.08 Å². The Balaban J connectivity index is 0.00000156. The summed E-state index contributed by atoms with van der Waals surface area (Å²) in [5.41, 5.74) is 1.86. The van der Waals surface area contributed by atoms with Gasteiger partial charge in [0.15, 0.2) is 0 Å². The second kappa shape index (κ2) is 10.5. The van der Waals surface area contributed by atoms with Crippen LogP contribution in [0.4, 0.5) is 0 Å². The quantitative estimate of drug-likeness (QED) is 0.806. The molecule has 1 saturated heterocycles. The van der Waals surface area contributed by atoms with Gasteiger partial charge in [-0.3, -0.25) is 0 Å². The van der Waals surface area contributed by atoms with Crippen LogP contribution in [0.3, 0.4) is 0 Å². The molecule has 3 rings (SSSR count). The van der Waals surface area contributed by atoms with Crippen LogP contribution in [0.2, 0.25) is 0 Å². The predicted octanol–water partition coefficient (Wildman–Crippen LogP) is 3.86. The molecule has 2 fully saturated rings. The molecule has 1 aliphatic carbocycles. The molecule has 5 heteroatoms. The summed E-state index contributed by atoms with van der Waals surface area (Å²) < 4.78 is 0. The summed E-state index contributed by atoms with van der Waals surface area (Å²) in [4.78, 5) is 2.51. The van der Waals surface area contributed by atoms with Gasteiger partial charge in [0.25, 0.3) is 0 Å². The van der Waals surface area contributed by atoms with E-state index in [4.69, 9.17) is 0 Å². The maximum atomic E-state index is 11.4. The first kappa shape index (κ1) is 22.5. The number of benzene rings is 1. The standard InChI is InChI=1S/C20H30N2O.2ClH/c1-2-17-7-6-8-18(15-17)19(16-22-13-11-21-12-14-22)20(23)9-4-3-5-10-20;;/h2,6-8,15,19,21,23H,1,3-5,9-14,16H2;2*1H. The lowest BCUT2D eigenvalue weighted by Gasteiger charge is -2.42. The van der Waals surface area contributed by atoms with E-state index in [-0.39, 0.29) is 30.7 Å². The van der Waals surface area contributed by atoms with E-state index >= 15 is 0 Å². The Morgan fingerprint density at radius 3 is 2.48 bits per heavy atom. The van der Waals surface area contributed by atoms with E-state index in [1.165, 1.54) is 12.0 Å². The van der Waals surface area contributed by atoms with Crippen molar-refractivity contribution in [2.75, 3.05) is 32.7 Å². The smallest absolute Gasteiger partial charge is 0.0728 e. The molecule has 2 N–H and O–H groups in total. The molecule has 0 amide bonds. The lowest BCUT2D eigenvalue weighted by atomic mass is 9.72. The van der Waals surface area contributed by atoms with Crippen LogP contribution in [0, 0.1) is 0 Å². The Kier molecular flexibility index (Phi) is 9.47. The van der Waals surface area contributed by atoms with Crippen LogP contribution < -0.4 is 5.32 Å². The van der Waals surface area contributed by atoms with E-state index in [1.54, 1.807) is 0 Å². The van der Waals surface area contributed by atoms with Crippen LogP contribution in [-0.2, 0) is 0 Å². The summed E-state index contributed by atoms with van der Waals surface area (Å²) >= 11 is 0. The molecule has 142 valence electrons. The van der Waals surface area contributed by atoms with Gasteiger partial charge in [-0.2, -0.15) is 0 Å². The van der Waals surface area contributed by atoms with Crippen molar-refractivity contribution in [3.63, 3.8) is 0 Å². The molecule has 1 heterocycles. The Labute approximate surface area is 164 Å². The second-order valence-electron chi connectivity index (χ2n) is 7.14. The average Bonchev–Trinajstić information content (AvgIpc) is 2.61. The minimum atomic E-state index is -0.553. The highest BCUT2D eigenvalue weighted by atomic mass is 35.5. The number of rotatable bonds is 5. The number of halogens is 2. The molecule has 1 atom stereocenters. The fraction of sp³-hybridized carbons (Fsp3) is 0.600. The van der Waals surface area contributed by atoms with Crippen molar-refractivity contribution < 1.29 is 5.11 Å². The third-order valence-electron chi connectivity index (χ3n) is 5.57. The van der Waals surface area contributed by atoms with Gasteiger partial charge in [0.2, 0.25) is 0 Å². The monoisotopic (exact) mass is 386 g/mol. The Bertz CT molecular complexity index is 526. The zero-order chi connectivity index (χ0) is 16.1. The summed E-state index contributed by atoms with van der Waals surface area (Å²) in [6.07, 6.45) is 7.32. The first-order valence-corrected chi connectivity index (χ1v) is 9.09. The first-order valence-electron chi connectivity index (χ1n) is 9.09. The normalized spacial score (nSPS) is 21.5. The molecule has 25 heavy (non-hydrogen) atoms. The maximum absolute atomic E-state index is 11.4. The fourth-order valence-corrected chi connectivity index (χ4v) is 4.15. The van der Waals surface area contributed by atoms with E-state index < -0.39 is 5.60 Å². The molecular weight excluding hydrogens is 355 g/mol. The molecule has 0 radical (unpaired) electrons. The van der Waals surface area contributed by atoms with Crippen LogP contribution in [0.1, 0.15) is 49.1 Å².